The topological polar surface area (TPSA) is 63.9 Å². The van der Waals surface area contributed by atoms with E-state index in [1.165, 1.54) is 12.1 Å². The van der Waals surface area contributed by atoms with Gasteiger partial charge in [-0.1, -0.05) is 6.07 Å². The van der Waals surface area contributed by atoms with Crippen molar-refractivity contribution < 1.29 is 9.13 Å². The van der Waals surface area contributed by atoms with Crippen molar-refractivity contribution in [2.45, 2.75) is 0 Å². The summed E-state index contributed by atoms with van der Waals surface area (Å²) in [4.78, 5) is 0. The number of halogens is 1. The standard InChI is InChI=1S/C13H10FN3O/c14-8-4-6-9(7-5-8)18-11-3-1-2-10-12(11)13(15)17-16-10/h1-7H,(H3,15,16,17). The van der Waals surface area contributed by atoms with Crippen LogP contribution in [0.15, 0.2) is 42.5 Å². The highest BCUT2D eigenvalue weighted by Crippen LogP contribution is 2.32. The zero-order valence-electron chi connectivity index (χ0n) is 9.35. The summed E-state index contributed by atoms with van der Waals surface area (Å²) in [5, 5.41) is 7.46. The summed E-state index contributed by atoms with van der Waals surface area (Å²) in [6.45, 7) is 0. The molecule has 5 heteroatoms. The predicted molar refractivity (Wildman–Crippen MR) is 67.0 cm³/mol. The molecule has 0 fully saturated rings. The van der Waals surface area contributed by atoms with E-state index >= 15 is 0 Å². The fourth-order valence-corrected chi connectivity index (χ4v) is 1.78. The number of nitrogen functional groups attached to an aromatic ring is 1. The van der Waals surface area contributed by atoms with E-state index in [1.807, 2.05) is 12.1 Å². The Hall–Kier alpha value is -2.56. The number of hydrogen-bond donors (Lipinski definition) is 2. The maximum Gasteiger partial charge on any atom is 0.156 e. The van der Waals surface area contributed by atoms with Gasteiger partial charge in [-0.2, -0.15) is 5.10 Å². The van der Waals surface area contributed by atoms with Crippen LogP contribution >= 0.6 is 0 Å². The van der Waals surface area contributed by atoms with E-state index < -0.39 is 0 Å². The van der Waals surface area contributed by atoms with Crippen molar-refractivity contribution in [2.24, 2.45) is 0 Å². The van der Waals surface area contributed by atoms with Gasteiger partial charge < -0.3 is 10.5 Å². The highest BCUT2D eigenvalue weighted by atomic mass is 19.1. The lowest BCUT2D eigenvalue weighted by molar-refractivity contribution is 0.486. The van der Waals surface area contributed by atoms with Crippen molar-refractivity contribution in [2.75, 3.05) is 5.73 Å². The van der Waals surface area contributed by atoms with Gasteiger partial charge in [0, 0.05) is 0 Å². The van der Waals surface area contributed by atoms with Gasteiger partial charge in [0.25, 0.3) is 0 Å². The quantitative estimate of drug-likeness (QED) is 0.727. The van der Waals surface area contributed by atoms with Crippen molar-refractivity contribution in [3.8, 4) is 11.5 Å². The molecule has 3 rings (SSSR count). The van der Waals surface area contributed by atoms with Crippen LogP contribution in [0.3, 0.4) is 0 Å². The molecule has 0 aliphatic rings. The number of nitrogens with two attached hydrogens (primary N) is 1. The maximum atomic E-state index is 12.8. The van der Waals surface area contributed by atoms with Gasteiger partial charge in [0.15, 0.2) is 5.82 Å². The van der Waals surface area contributed by atoms with Crippen LogP contribution in [0.2, 0.25) is 0 Å². The van der Waals surface area contributed by atoms with Gasteiger partial charge in [-0.05, 0) is 36.4 Å². The molecular formula is C13H10FN3O. The number of nitrogens with zero attached hydrogens (tertiary/aromatic N) is 1. The molecule has 0 amide bonds. The van der Waals surface area contributed by atoms with E-state index in [1.54, 1.807) is 18.2 Å². The number of aromatic amines is 1. The molecule has 0 saturated carbocycles. The molecule has 0 bridgehead atoms. The van der Waals surface area contributed by atoms with Crippen molar-refractivity contribution in [1.29, 1.82) is 0 Å². The first-order valence-electron chi connectivity index (χ1n) is 5.40. The molecule has 0 atom stereocenters. The molecule has 0 aliphatic heterocycles. The van der Waals surface area contributed by atoms with Crippen LogP contribution in [-0.4, -0.2) is 10.2 Å². The minimum absolute atomic E-state index is 0.302. The first-order chi connectivity index (χ1) is 8.74. The third-order valence-electron chi connectivity index (χ3n) is 2.62. The normalized spacial score (nSPS) is 10.7. The third-order valence-corrected chi connectivity index (χ3v) is 2.62. The molecule has 0 spiro atoms. The Balaban J connectivity index is 2.04. The van der Waals surface area contributed by atoms with Gasteiger partial charge in [-0.3, -0.25) is 5.10 Å². The van der Waals surface area contributed by atoms with E-state index in [4.69, 9.17) is 10.5 Å². The van der Waals surface area contributed by atoms with Gasteiger partial charge in [0.05, 0.1) is 10.9 Å². The van der Waals surface area contributed by atoms with Gasteiger partial charge in [-0.15, -0.1) is 0 Å². The number of benzene rings is 2. The van der Waals surface area contributed by atoms with Crippen molar-refractivity contribution in [3.05, 3.63) is 48.3 Å². The van der Waals surface area contributed by atoms with Crippen molar-refractivity contribution >= 4 is 16.7 Å². The number of ether oxygens (including phenoxy) is 1. The second-order valence-electron chi connectivity index (χ2n) is 3.84. The molecule has 1 aromatic heterocycles. The lowest BCUT2D eigenvalue weighted by Gasteiger charge is -2.06. The van der Waals surface area contributed by atoms with Crippen LogP contribution in [0.25, 0.3) is 10.9 Å². The predicted octanol–water partition coefficient (Wildman–Crippen LogP) is 3.08. The Morgan fingerprint density at radius 3 is 2.67 bits per heavy atom. The first kappa shape index (κ1) is 10.6. The first-order valence-corrected chi connectivity index (χ1v) is 5.40. The third kappa shape index (κ3) is 1.75. The molecule has 0 aliphatic carbocycles. The minimum atomic E-state index is -0.302. The van der Waals surface area contributed by atoms with E-state index in [2.05, 4.69) is 10.2 Å². The number of H-pyrrole nitrogens is 1. The summed E-state index contributed by atoms with van der Waals surface area (Å²) < 4.78 is 18.5. The lowest BCUT2D eigenvalue weighted by atomic mass is 10.2. The SMILES string of the molecule is Nc1n[nH]c2cccc(Oc3ccc(F)cc3)c12. The summed E-state index contributed by atoms with van der Waals surface area (Å²) in [6, 6.07) is 11.3. The summed E-state index contributed by atoms with van der Waals surface area (Å²) in [5.41, 5.74) is 6.57. The number of hydrogen-bond acceptors (Lipinski definition) is 3. The van der Waals surface area contributed by atoms with Crippen LogP contribution < -0.4 is 10.5 Å². The molecule has 3 aromatic rings. The molecule has 90 valence electrons. The van der Waals surface area contributed by atoms with Gasteiger partial charge in [0.1, 0.15) is 17.3 Å². The summed E-state index contributed by atoms with van der Waals surface area (Å²) >= 11 is 0. The minimum Gasteiger partial charge on any atom is -0.457 e. The smallest absolute Gasteiger partial charge is 0.156 e. The number of fused-ring (bicyclic) bond motifs is 1. The molecular weight excluding hydrogens is 233 g/mol. The molecule has 0 saturated heterocycles. The number of anilines is 1. The van der Waals surface area contributed by atoms with Crippen LogP contribution in [0.1, 0.15) is 0 Å². The molecule has 2 aromatic carbocycles. The average Bonchev–Trinajstić information content (AvgIpc) is 2.75. The maximum absolute atomic E-state index is 12.8. The molecule has 0 unspecified atom stereocenters. The summed E-state index contributed by atoms with van der Waals surface area (Å²) in [5.74, 6) is 1.21. The van der Waals surface area contributed by atoms with Crippen LogP contribution in [0, 0.1) is 5.82 Å². The molecule has 4 nitrogen and oxygen atoms in total. The molecule has 1 heterocycles. The lowest BCUT2D eigenvalue weighted by Crippen LogP contribution is -1.89. The Morgan fingerprint density at radius 2 is 1.89 bits per heavy atom. The largest absolute Gasteiger partial charge is 0.457 e. The summed E-state index contributed by atoms with van der Waals surface area (Å²) in [7, 11) is 0. The monoisotopic (exact) mass is 243 g/mol. The Bertz CT molecular complexity index is 691. The Labute approximate surface area is 102 Å². The second kappa shape index (κ2) is 4.03. The molecule has 3 N–H and O–H groups in total. The van der Waals surface area contributed by atoms with E-state index in [0.717, 1.165) is 10.9 Å². The molecule has 18 heavy (non-hydrogen) atoms. The average molecular weight is 243 g/mol. The number of aromatic nitrogens is 2. The second-order valence-corrected chi connectivity index (χ2v) is 3.84. The van der Waals surface area contributed by atoms with Crippen molar-refractivity contribution in [3.63, 3.8) is 0 Å². The Morgan fingerprint density at radius 1 is 1.11 bits per heavy atom. The highest BCUT2D eigenvalue weighted by molar-refractivity contribution is 5.94. The van der Waals surface area contributed by atoms with Crippen LogP contribution in [-0.2, 0) is 0 Å². The zero-order chi connectivity index (χ0) is 12.5. The summed E-state index contributed by atoms with van der Waals surface area (Å²) in [6.07, 6.45) is 0. The van der Waals surface area contributed by atoms with Crippen LogP contribution in [0.5, 0.6) is 11.5 Å². The van der Waals surface area contributed by atoms with Gasteiger partial charge in [-0.25, -0.2) is 4.39 Å². The number of nitrogens with one attached hydrogen (secondary N) is 1. The fourth-order valence-electron chi connectivity index (χ4n) is 1.78. The molecule has 0 radical (unpaired) electrons. The van der Waals surface area contributed by atoms with E-state index in [-0.39, 0.29) is 5.82 Å². The van der Waals surface area contributed by atoms with Crippen LogP contribution in [0.4, 0.5) is 10.2 Å². The van der Waals surface area contributed by atoms with E-state index in [9.17, 15) is 4.39 Å². The van der Waals surface area contributed by atoms with E-state index in [0.29, 0.717) is 17.3 Å². The van der Waals surface area contributed by atoms with Crippen molar-refractivity contribution in [1.82, 2.24) is 10.2 Å². The number of rotatable bonds is 2. The van der Waals surface area contributed by atoms with Gasteiger partial charge >= 0.3 is 0 Å². The fraction of sp³-hybridized carbons (Fsp3) is 0. The zero-order valence-corrected chi connectivity index (χ0v) is 9.35. The Kier molecular flexibility index (Phi) is 2.37. The highest BCUT2D eigenvalue weighted by Gasteiger charge is 2.09. The van der Waals surface area contributed by atoms with Gasteiger partial charge in [0.2, 0.25) is 0 Å².